The van der Waals surface area contributed by atoms with Crippen LogP contribution in [0.5, 0.6) is 0 Å². The number of aliphatic hydroxyl groups is 2. The fourth-order valence-corrected chi connectivity index (χ4v) is 2.41. The first-order valence-corrected chi connectivity index (χ1v) is 7.65. The zero-order valence-corrected chi connectivity index (χ0v) is 13.8. The van der Waals surface area contributed by atoms with Gasteiger partial charge < -0.3 is 15.5 Å². The zero-order chi connectivity index (χ0) is 16.0. The Balaban J connectivity index is 2.73. The van der Waals surface area contributed by atoms with E-state index in [1.165, 1.54) is 0 Å². The van der Waals surface area contributed by atoms with Crippen LogP contribution in [-0.4, -0.2) is 34.9 Å². The quantitative estimate of drug-likeness (QED) is 0.718. The second-order valence-electron chi connectivity index (χ2n) is 5.15. The minimum absolute atomic E-state index is 0.0133. The van der Waals surface area contributed by atoms with E-state index in [1.807, 2.05) is 6.92 Å². The zero-order valence-electron chi connectivity index (χ0n) is 12.2. The Kier molecular flexibility index (Phi) is 6.94. The summed E-state index contributed by atoms with van der Waals surface area (Å²) in [6.07, 6.45) is 1.40. The van der Waals surface area contributed by atoms with Crippen molar-refractivity contribution in [3.8, 4) is 0 Å². The summed E-state index contributed by atoms with van der Waals surface area (Å²) >= 11 is 12.0. The van der Waals surface area contributed by atoms with Gasteiger partial charge in [0.15, 0.2) is 0 Å². The minimum atomic E-state index is -1.02. The Morgan fingerprint density at radius 1 is 1.33 bits per heavy atom. The summed E-state index contributed by atoms with van der Waals surface area (Å²) in [6.45, 7) is 3.74. The van der Waals surface area contributed by atoms with Crippen LogP contribution in [0.2, 0.25) is 10.0 Å². The molecule has 1 atom stereocenters. The third kappa shape index (κ3) is 5.15. The number of hydrogen-bond acceptors (Lipinski definition) is 3. The van der Waals surface area contributed by atoms with Crippen molar-refractivity contribution in [3.63, 3.8) is 0 Å². The number of carbonyl (C=O) groups excluding carboxylic acids is 1. The number of halogens is 2. The smallest absolute Gasteiger partial charge is 0.251 e. The van der Waals surface area contributed by atoms with Gasteiger partial charge in [-0.25, -0.2) is 0 Å². The number of rotatable bonds is 7. The van der Waals surface area contributed by atoms with E-state index in [0.29, 0.717) is 34.9 Å². The summed E-state index contributed by atoms with van der Waals surface area (Å²) in [6, 6.07) is 3.10. The van der Waals surface area contributed by atoms with Gasteiger partial charge in [-0.2, -0.15) is 0 Å². The van der Waals surface area contributed by atoms with Crippen LogP contribution in [0.1, 0.15) is 42.1 Å². The van der Waals surface area contributed by atoms with E-state index in [-0.39, 0.29) is 19.1 Å². The molecule has 0 bridgehead atoms. The lowest BCUT2D eigenvalue weighted by atomic mass is 9.94. The lowest BCUT2D eigenvalue weighted by molar-refractivity contribution is 0.0212. The normalized spacial score (nSPS) is 13.8. The first-order chi connectivity index (χ1) is 9.83. The second kappa shape index (κ2) is 7.99. The van der Waals surface area contributed by atoms with E-state index in [4.69, 9.17) is 28.3 Å². The summed E-state index contributed by atoms with van der Waals surface area (Å²) in [7, 11) is 0. The molecule has 1 aromatic rings. The van der Waals surface area contributed by atoms with Gasteiger partial charge in [0.2, 0.25) is 0 Å². The molecule has 0 radical (unpaired) electrons. The van der Waals surface area contributed by atoms with Crippen molar-refractivity contribution in [2.24, 2.45) is 0 Å². The summed E-state index contributed by atoms with van der Waals surface area (Å²) in [4.78, 5) is 12.1. The van der Waals surface area contributed by atoms with Gasteiger partial charge >= 0.3 is 0 Å². The molecule has 0 aromatic heterocycles. The molecular weight excluding hydrogens is 313 g/mol. The Labute approximate surface area is 135 Å². The Bertz CT molecular complexity index is 485. The van der Waals surface area contributed by atoms with Crippen LogP contribution < -0.4 is 5.32 Å². The van der Waals surface area contributed by atoms with Gasteiger partial charge in [0.25, 0.3) is 5.91 Å². The highest BCUT2D eigenvalue weighted by molar-refractivity contribution is 6.36. The fourth-order valence-electron chi connectivity index (χ4n) is 1.92. The van der Waals surface area contributed by atoms with E-state index in [9.17, 15) is 9.90 Å². The van der Waals surface area contributed by atoms with E-state index < -0.39 is 5.60 Å². The molecule has 21 heavy (non-hydrogen) atoms. The maximum Gasteiger partial charge on any atom is 0.251 e. The van der Waals surface area contributed by atoms with Crippen LogP contribution in [-0.2, 0) is 0 Å². The van der Waals surface area contributed by atoms with E-state index in [0.717, 1.165) is 5.56 Å². The summed E-state index contributed by atoms with van der Waals surface area (Å²) in [5.74, 6) is -0.338. The first-order valence-electron chi connectivity index (χ1n) is 6.90. The molecule has 3 N–H and O–H groups in total. The van der Waals surface area contributed by atoms with Crippen molar-refractivity contribution in [2.45, 2.75) is 38.7 Å². The van der Waals surface area contributed by atoms with Crippen molar-refractivity contribution in [1.29, 1.82) is 0 Å². The molecule has 1 rings (SSSR count). The predicted molar refractivity (Wildman–Crippen MR) is 85.1 cm³/mol. The average Bonchev–Trinajstić information content (AvgIpc) is 2.47. The highest BCUT2D eigenvalue weighted by Crippen LogP contribution is 2.25. The standard InChI is InChI=1S/C15H21Cl2NO3/c1-3-15(21,5-4-6-19)9-18-14(20)11-7-12(16)10(2)13(17)8-11/h7-8,19,21H,3-6,9H2,1-2H3,(H,18,20)/t15-/m0/s1. The summed E-state index contributed by atoms with van der Waals surface area (Å²) in [5, 5.41) is 22.7. The van der Waals surface area contributed by atoms with Crippen molar-refractivity contribution < 1.29 is 15.0 Å². The van der Waals surface area contributed by atoms with Crippen LogP contribution in [0.3, 0.4) is 0 Å². The van der Waals surface area contributed by atoms with Crippen LogP contribution >= 0.6 is 23.2 Å². The number of carbonyl (C=O) groups is 1. The van der Waals surface area contributed by atoms with E-state index in [2.05, 4.69) is 5.32 Å². The molecule has 0 fully saturated rings. The van der Waals surface area contributed by atoms with Gasteiger partial charge in [0, 0.05) is 28.8 Å². The third-order valence-electron chi connectivity index (χ3n) is 3.58. The highest BCUT2D eigenvalue weighted by Gasteiger charge is 2.25. The molecular formula is C15H21Cl2NO3. The molecule has 118 valence electrons. The predicted octanol–water partition coefficient (Wildman–Crippen LogP) is 2.95. The number of amides is 1. The number of aliphatic hydroxyl groups excluding tert-OH is 1. The van der Waals surface area contributed by atoms with Gasteiger partial charge in [-0.05, 0) is 43.9 Å². The molecule has 0 saturated carbocycles. The molecule has 0 aliphatic carbocycles. The van der Waals surface area contributed by atoms with Gasteiger partial charge in [-0.1, -0.05) is 30.1 Å². The lowest BCUT2D eigenvalue weighted by Crippen LogP contribution is -2.42. The lowest BCUT2D eigenvalue weighted by Gasteiger charge is -2.27. The largest absolute Gasteiger partial charge is 0.396 e. The molecule has 0 aliphatic heterocycles. The number of benzene rings is 1. The van der Waals surface area contributed by atoms with E-state index >= 15 is 0 Å². The molecule has 0 heterocycles. The van der Waals surface area contributed by atoms with Crippen LogP contribution in [0.15, 0.2) is 12.1 Å². The van der Waals surface area contributed by atoms with Crippen molar-refractivity contribution in [1.82, 2.24) is 5.32 Å². The third-order valence-corrected chi connectivity index (χ3v) is 4.36. The van der Waals surface area contributed by atoms with Gasteiger partial charge in [-0.15, -0.1) is 0 Å². The maximum absolute atomic E-state index is 12.1. The highest BCUT2D eigenvalue weighted by atomic mass is 35.5. The van der Waals surface area contributed by atoms with Crippen molar-refractivity contribution in [3.05, 3.63) is 33.3 Å². The molecule has 0 saturated heterocycles. The van der Waals surface area contributed by atoms with Crippen LogP contribution in [0, 0.1) is 6.92 Å². The number of hydrogen-bond donors (Lipinski definition) is 3. The molecule has 6 heteroatoms. The SMILES string of the molecule is CC[C@](O)(CCCO)CNC(=O)c1cc(Cl)c(C)c(Cl)c1. The first kappa shape index (κ1) is 18.2. The molecule has 1 aromatic carbocycles. The Hall–Kier alpha value is -0.810. The van der Waals surface area contributed by atoms with Gasteiger partial charge in [0.1, 0.15) is 0 Å². The number of nitrogens with one attached hydrogen (secondary N) is 1. The van der Waals surface area contributed by atoms with Crippen LogP contribution in [0.25, 0.3) is 0 Å². The summed E-state index contributed by atoms with van der Waals surface area (Å²) < 4.78 is 0. The monoisotopic (exact) mass is 333 g/mol. The van der Waals surface area contributed by atoms with E-state index in [1.54, 1.807) is 19.1 Å². The van der Waals surface area contributed by atoms with Crippen molar-refractivity contribution in [2.75, 3.05) is 13.2 Å². The van der Waals surface area contributed by atoms with Gasteiger partial charge in [0.05, 0.1) is 5.60 Å². The van der Waals surface area contributed by atoms with Gasteiger partial charge in [-0.3, -0.25) is 4.79 Å². The van der Waals surface area contributed by atoms with Crippen LogP contribution in [0.4, 0.5) is 0 Å². The average molecular weight is 334 g/mol. The molecule has 0 unspecified atom stereocenters. The molecule has 1 amide bonds. The van der Waals surface area contributed by atoms with Crippen molar-refractivity contribution >= 4 is 29.1 Å². The minimum Gasteiger partial charge on any atom is -0.396 e. The molecule has 0 spiro atoms. The Morgan fingerprint density at radius 3 is 2.38 bits per heavy atom. The summed E-state index contributed by atoms with van der Waals surface area (Å²) in [5.41, 5.74) is 0.0653. The fraction of sp³-hybridized carbons (Fsp3) is 0.533. The molecule has 0 aliphatic rings. The Morgan fingerprint density at radius 2 is 1.90 bits per heavy atom. The topological polar surface area (TPSA) is 69.6 Å². The second-order valence-corrected chi connectivity index (χ2v) is 5.97. The maximum atomic E-state index is 12.1. The molecule has 4 nitrogen and oxygen atoms in total.